The number of hydrogen-bond donors (Lipinski definition) is 2. The molecule has 0 aromatic heterocycles. The second kappa shape index (κ2) is 10.3. The lowest BCUT2D eigenvalue weighted by Crippen LogP contribution is -2.57. The Morgan fingerprint density at radius 3 is 2.74 bits per heavy atom. The van der Waals surface area contributed by atoms with Gasteiger partial charge in [0, 0.05) is 23.3 Å². The molecule has 1 spiro atoms. The van der Waals surface area contributed by atoms with E-state index in [1.54, 1.807) is 35.2 Å². The van der Waals surface area contributed by atoms with Gasteiger partial charge in [0.1, 0.15) is 11.6 Å². The molecule has 2 saturated heterocycles. The van der Waals surface area contributed by atoms with Gasteiger partial charge in [-0.15, -0.1) is 0 Å². The Bertz CT molecular complexity index is 1480. The number of amides is 3. The number of benzene rings is 2. The molecule has 3 amide bonds. The largest absolute Gasteiger partial charge is 0.454 e. The topological polar surface area (TPSA) is 106 Å². The molecule has 2 aromatic rings. The third-order valence-corrected chi connectivity index (χ3v) is 10.1. The van der Waals surface area contributed by atoms with E-state index in [1.165, 1.54) is 0 Å². The lowest BCUT2D eigenvalue weighted by atomic mass is 9.73. The monoisotopic (exact) mass is 591 g/mol. The molecule has 2 N–H and O–H groups in total. The predicted octanol–water partition coefficient (Wildman–Crippen LogP) is 4.30. The molecule has 2 aromatic carbocycles. The standard InChI is InChI=1S/C32H34ClN3O6/c1-17-5-3-8-22(18(17)2)35-30(38)28-32-12-11-24(42-32)26(29(37)34-21-7-4-6-20(33)14-21)27(32)31(39)36(28)15-19-9-10-23-25(13-19)41-16-40-23/h4,6-7,9-14,17-18,22,24,26-28H,3,5,8,15-16H2,1-2H3,(H,34,37)(H,35,38). The molecule has 1 saturated carbocycles. The maximum atomic E-state index is 14.3. The van der Waals surface area contributed by atoms with E-state index in [-0.39, 0.29) is 37.1 Å². The molecular weight excluding hydrogens is 558 g/mol. The first-order valence-corrected chi connectivity index (χ1v) is 15.1. The quantitative estimate of drug-likeness (QED) is 0.485. The van der Waals surface area contributed by atoms with Crippen molar-refractivity contribution in [2.24, 2.45) is 23.7 Å². The van der Waals surface area contributed by atoms with Crippen molar-refractivity contribution in [1.29, 1.82) is 0 Å². The molecule has 220 valence electrons. The van der Waals surface area contributed by atoms with Crippen LogP contribution in [0.4, 0.5) is 5.69 Å². The van der Waals surface area contributed by atoms with Crippen LogP contribution >= 0.6 is 11.6 Å². The van der Waals surface area contributed by atoms with Crippen LogP contribution < -0.4 is 20.1 Å². The summed E-state index contributed by atoms with van der Waals surface area (Å²) < 4.78 is 17.5. The third kappa shape index (κ3) is 4.36. The number of ether oxygens (including phenoxy) is 3. The molecule has 5 aliphatic rings. The number of halogens is 1. The fourth-order valence-corrected chi connectivity index (χ4v) is 7.70. The van der Waals surface area contributed by atoms with Gasteiger partial charge in [-0.3, -0.25) is 14.4 Å². The van der Waals surface area contributed by atoms with Crippen LogP contribution in [-0.4, -0.2) is 53.2 Å². The van der Waals surface area contributed by atoms with Gasteiger partial charge < -0.3 is 29.7 Å². The normalized spacial score (nSPS) is 34.0. The first-order valence-electron chi connectivity index (χ1n) is 14.7. The van der Waals surface area contributed by atoms with Crippen molar-refractivity contribution in [3.05, 3.63) is 65.2 Å². The number of carbonyl (C=O) groups excluding carboxylic acids is 3. The third-order valence-electron chi connectivity index (χ3n) is 9.84. The minimum Gasteiger partial charge on any atom is -0.454 e. The van der Waals surface area contributed by atoms with Crippen LogP contribution in [0.15, 0.2) is 54.6 Å². The lowest BCUT2D eigenvalue weighted by molar-refractivity contribution is -0.142. The maximum Gasteiger partial charge on any atom is 0.246 e. The van der Waals surface area contributed by atoms with Crippen LogP contribution in [0, 0.1) is 23.7 Å². The Morgan fingerprint density at radius 1 is 1.07 bits per heavy atom. The number of carbonyl (C=O) groups is 3. The summed E-state index contributed by atoms with van der Waals surface area (Å²) >= 11 is 6.14. The zero-order valence-corrected chi connectivity index (χ0v) is 24.3. The number of fused-ring (bicyclic) bond motifs is 2. The molecule has 4 heterocycles. The van der Waals surface area contributed by atoms with E-state index in [0.29, 0.717) is 34.0 Å². The van der Waals surface area contributed by atoms with E-state index in [2.05, 4.69) is 24.5 Å². The zero-order chi connectivity index (χ0) is 29.2. The van der Waals surface area contributed by atoms with Gasteiger partial charge in [0.05, 0.1) is 17.9 Å². The number of rotatable bonds is 6. The van der Waals surface area contributed by atoms with Crippen molar-refractivity contribution >= 4 is 35.0 Å². The molecule has 0 radical (unpaired) electrons. The van der Waals surface area contributed by atoms with Crippen molar-refractivity contribution in [2.75, 3.05) is 12.1 Å². The molecule has 8 atom stereocenters. The van der Waals surface area contributed by atoms with Gasteiger partial charge in [-0.25, -0.2) is 0 Å². The van der Waals surface area contributed by atoms with Gasteiger partial charge >= 0.3 is 0 Å². The minimum absolute atomic E-state index is 0.00343. The van der Waals surface area contributed by atoms with Crippen LogP contribution in [0.2, 0.25) is 5.02 Å². The Balaban J connectivity index is 1.22. The van der Waals surface area contributed by atoms with Gasteiger partial charge in [-0.2, -0.15) is 0 Å². The van der Waals surface area contributed by atoms with Gasteiger partial charge in [0.15, 0.2) is 11.5 Å². The summed E-state index contributed by atoms with van der Waals surface area (Å²) in [6.07, 6.45) is 6.10. The number of nitrogens with zero attached hydrogens (tertiary/aromatic N) is 1. The Labute approximate surface area is 249 Å². The number of nitrogens with one attached hydrogen (secondary N) is 2. The average molecular weight is 592 g/mol. The zero-order valence-electron chi connectivity index (χ0n) is 23.5. The molecule has 9 nitrogen and oxygen atoms in total. The minimum atomic E-state index is -1.25. The van der Waals surface area contributed by atoms with Gasteiger partial charge in [-0.05, 0) is 54.2 Å². The van der Waals surface area contributed by atoms with Crippen molar-refractivity contribution < 1.29 is 28.6 Å². The van der Waals surface area contributed by atoms with Gasteiger partial charge in [0.25, 0.3) is 0 Å². The van der Waals surface area contributed by atoms with Crippen molar-refractivity contribution in [3.8, 4) is 11.5 Å². The fourth-order valence-electron chi connectivity index (χ4n) is 7.51. The Hall–Kier alpha value is -3.56. The molecule has 4 aliphatic heterocycles. The fraction of sp³-hybridized carbons (Fsp3) is 0.469. The lowest BCUT2D eigenvalue weighted by Gasteiger charge is -2.38. The molecule has 3 fully saturated rings. The van der Waals surface area contributed by atoms with Gasteiger partial charge in [0.2, 0.25) is 24.5 Å². The van der Waals surface area contributed by atoms with Gasteiger partial charge in [-0.1, -0.05) is 62.6 Å². The van der Waals surface area contributed by atoms with Crippen LogP contribution in [0.25, 0.3) is 0 Å². The highest BCUT2D eigenvalue weighted by molar-refractivity contribution is 6.30. The van der Waals surface area contributed by atoms with E-state index in [4.69, 9.17) is 25.8 Å². The van der Waals surface area contributed by atoms with E-state index in [0.717, 1.165) is 24.8 Å². The predicted molar refractivity (Wildman–Crippen MR) is 155 cm³/mol. The smallest absolute Gasteiger partial charge is 0.246 e. The molecule has 1 aliphatic carbocycles. The molecular formula is C32H34ClN3O6. The highest BCUT2D eigenvalue weighted by Crippen LogP contribution is 2.55. The summed E-state index contributed by atoms with van der Waals surface area (Å²) in [6.45, 7) is 4.69. The van der Waals surface area contributed by atoms with Crippen LogP contribution in [0.5, 0.6) is 11.5 Å². The van der Waals surface area contributed by atoms with Crippen LogP contribution in [0.1, 0.15) is 38.7 Å². The molecule has 8 unspecified atom stereocenters. The Kier molecular flexibility index (Phi) is 6.70. The maximum absolute atomic E-state index is 14.3. The van der Waals surface area contributed by atoms with Crippen LogP contribution in [-0.2, 0) is 25.7 Å². The second-order valence-electron chi connectivity index (χ2n) is 12.2. The van der Waals surface area contributed by atoms with E-state index in [9.17, 15) is 14.4 Å². The highest BCUT2D eigenvalue weighted by atomic mass is 35.5. The molecule has 7 rings (SSSR count). The van der Waals surface area contributed by atoms with Crippen molar-refractivity contribution in [2.45, 2.75) is 63.4 Å². The second-order valence-corrected chi connectivity index (χ2v) is 12.7. The first-order chi connectivity index (χ1) is 20.2. The summed E-state index contributed by atoms with van der Waals surface area (Å²) in [5, 5.41) is 6.70. The highest BCUT2D eigenvalue weighted by Gasteiger charge is 2.72. The summed E-state index contributed by atoms with van der Waals surface area (Å²) in [5.74, 6) is -0.490. The average Bonchev–Trinajstić information content (AvgIpc) is 3.72. The van der Waals surface area contributed by atoms with E-state index >= 15 is 0 Å². The summed E-state index contributed by atoms with van der Waals surface area (Å²) in [7, 11) is 0. The van der Waals surface area contributed by atoms with Crippen molar-refractivity contribution in [3.63, 3.8) is 0 Å². The van der Waals surface area contributed by atoms with Crippen LogP contribution in [0.3, 0.4) is 0 Å². The Morgan fingerprint density at radius 2 is 1.90 bits per heavy atom. The first kappa shape index (κ1) is 27.3. The number of hydrogen-bond acceptors (Lipinski definition) is 6. The number of likely N-dealkylation sites (tertiary alicyclic amines) is 1. The summed E-state index contributed by atoms with van der Waals surface area (Å²) in [5.41, 5.74) is 0.0766. The van der Waals surface area contributed by atoms with E-state index < -0.39 is 29.6 Å². The van der Waals surface area contributed by atoms with E-state index in [1.807, 2.05) is 24.3 Å². The SMILES string of the molecule is CC1CCCC(NC(=O)C2N(Cc3ccc4c(c3)OCO4)C(=O)C3C(C(=O)Nc4cccc(Cl)c4)C4C=CC32O4)C1C. The molecule has 2 bridgehead atoms. The molecule has 42 heavy (non-hydrogen) atoms. The summed E-state index contributed by atoms with van der Waals surface area (Å²) in [6, 6.07) is 11.4. The number of anilines is 1. The summed E-state index contributed by atoms with van der Waals surface area (Å²) in [4.78, 5) is 43.9. The molecule has 10 heteroatoms. The van der Waals surface area contributed by atoms with Crippen molar-refractivity contribution in [1.82, 2.24) is 10.2 Å².